The van der Waals surface area contributed by atoms with Crippen LogP contribution in [0.1, 0.15) is 20.3 Å². The molecule has 0 saturated heterocycles. The third-order valence-corrected chi connectivity index (χ3v) is 1.62. The van der Waals surface area contributed by atoms with E-state index >= 15 is 0 Å². The minimum absolute atomic E-state index is 0.118. The van der Waals surface area contributed by atoms with E-state index in [1.165, 1.54) is 13.0 Å². The molecule has 0 aromatic heterocycles. The molecule has 0 radical (unpaired) electrons. The molecule has 0 spiro atoms. The summed E-state index contributed by atoms with van der Waals surface area (Å²) in [5.74, 6) is -1.21. The number of esters is 1. The van der Waals surface area contributed by atoms with E-state index in [1.54, 1.807) is 12.1 Å². The van der Waals surface area contributed by atoms with Crippen molar-refractivity contribution in [1.82, 2.24) is 0 Å². The number of ether oxygens (including phenoxy) is 1. The Labute approximate surface area is 94.2 Å². The van der Waals surface area contributed by atoms with E-state index in [-0.39, 0.29) is 11.3 Å². The van der Waals surface area contributed by atoms with E-state index in [1.807, 2.05) is 6.92 Å². The van der Waals surface area contributed by atoms with Crippen molar-refractivity contribution in [1.29, 1.82) is 5.26 Å². The van der Waals surface area contributed by atoms with Gasteiger partial charge in [-0.2, -0.15) is 5.26 Å². The molecule has 0 aliphatic heterocycles. The Morgan fingerprint density at radius 1 is 1.50 bits per heavy atom. The number of hydrogen-bond acceptors (Lipinski definition) is 5. The quantitative estimate of drug-likeness (QED) is 0.422. The Morgan fingerprint density at radius 3 is 2.56 bits per heavy atom. The molecule has 0 atom stereocenters. The van der Waals surface area contributed by atoms with E-state index < -0.39 is 18.4 Å². The lowest BCUT2D eigenvalue weighted by Crippen LogP contribution is -2.16. The molecule has 0 unspecified atom stereocenters. The number of Topliss-reactive ketones (excluding diaryl/α,β-unsaturated/α-hetero) is 1. The van der Waals surface area contributed by atoms with Gasteiger partial charge in [-0.05, 0) is 13.3 Å². The molecule has 0 aliphatic carbocycles. The maximum Gasteiger partial charge on any atom is 0.330 e. The van der Waals surface area contributed by atoms with Gasteiger partial charge in [0, 0.05) is 11.8 Å². The lowest BCUT2D eigenvalue weighted by atomic mass is 10.1. The first-order chi connectivity index (χ1) is 7.52. The van der Waals surface area contributed by atoms with Gasteiger partial charge < -0.3 is 10.5 Å². The highest BCUT2D eigenvalue weighted by atomic mass is 16.5. The summed E-state index contributed by atoms with van der Waals surface area (Å²) in [5.41, 5.74) is 5.26. The van der Waals surface area contributed by atoms with Crippen LogP contribution in [-0.4, -0.2) is 18.4 Å². The monoisotopic (exact) mass is 222 g/mol. The molecule has 0 aliphatic rings. The summed E-state index contributed by atoms with van der Waals surface area (Å²) in [4.78, 5) is 22.3. The lowest BCUT2D eigenvalue weighted by Gasteiger charge is -2.01. The molecule has 0 aromatic rings. The van der Waals surface area contributed by atoms with Gasteiger partial charge in [0.2, 0.25) is 5.78 Å². The predicted octanol–water partition coefficient (Wildman–Crippen LogP) is 0.821. The Kier molecular flexibility index (Phi) is 6.29. The molecule has 16 heavy (non-hydrogen) atoms. The van der Waals surface area contributed by atoms with Crippen LogP contribution >= 0.6 is 0 Å². The second-order valence-corrected chi connectivity index (χ2v) is 3.01. The van der Waals surface area contributed by atoms with Gasteiger partial charge in [-0.1, -0.05) is 13.0 Å². The Bertz CT molecular complexity index is 371. The highest BCUT2D eigenvalue weighted by Gasteiger charge is 2.12. The molecule has 0 heterocycles. The van der Waals surface area contributed by atoms with Gasteiger partial charge in [0.15, 0.2) is 6.61 Å². The van der Waals surface area contributed by atoms with Gasteiger partial charge in [-0.25, -0.2) is 4.79 Å². The van der Waals surface area contributed by atoms with Crippen molar-refractivity contribution in [3.8, 4) is 6.07 Å². The van der Waals surface area contributed by atoms with Crippen LogP contribution in [0.25, 0.3) is 0 Å². The maximum atomic E-state index is 11.3. The molecule has 5 nitrogen and oxygen atoms in total. The van der Waals surface area contributed by atoms with Crippen molar-refractivity contribution in [2.75, 3.05) is 6.61 Å². The van der Waals surface area contributed by atoms with Crippen LogP contribution in [0, 0.1) is 11.3 Å². The van der Waals surface area contributed by atoms with E-state index in [9.17, 15) is 9.59 Å². The zero-order chi connectivity index (χ0) is 12.6. The third-order valence-electron chi connectivity index (χ3n) is 1.62. The topological polar surface area (TPSA) is 93.2 Å². The number of rotatable bonds is 5. The summed E-state index contributed by atoms with van der Waals surface area (Å²) >= 11 is 0. The number of ketones is 1. The molecule has 0 aromatic carbocycles. The van der Waals surface area contributed by atoms with Crippen LogP contribution < -0.4 is 5.73 Å². The second-order valence-electron chi connectivity index (χ2n) is 3.01. The van der Waals surface area contributed by atoms with Gasteiger partial charge in [-0.3, -0.25) is 4.79 Å². The number of carbonyl (C=O) groups excluding carboxylic acids is 2. The fraction of sp³-hybridized carbons (Fsp3) is 0.364. The molecule has 86 valence electrons. The average molecular weight is 222 g/mol. The fourth-order valence-electron chi connectivity index (χ4n) is 0.841. The SMILES string of the molecule is CC/C=C/C(=O)OCC(=O)/C(C#N)=C(\C)N. The molecule has 0 fully saturated rings. The average Bonchev–Trinajstić information content (AvgIpc) is 2.23. The largest absolute Gasteiger partial charge is 0.454 e. The highest BCUT2D eigenvalue weighted by molar-refractivity contribution is 6.01. The van der Waals surface area contributed by atoms with Crippen molar-refractivity contribution in [2.24, 2.45) is 5.73 Å². The molecule has 0 bridgehead atoms. The molecule has 0 saturated carbocycles. The van der Waals surface area contributed by atoms with E-state index in [0.717, 1.165) is 0 Å². The van der Waals surface area contributed by atoms with Crippen molar-refractivity contribution in [2.45, 2.75) is 20.3 Å². The molecule has 5 heteroatoms. The summed E-state index contributed by atoms with van der Waals surface area (Å²) in [6, 6.07) is 1.66. The Hall–Kier alpha value is -2.09. The first-order valence-electron chi connectivity index (χ1n) is 4.75. The van der Waals surface area contributed by atoms with Crippen LogP contribution in [-0.2, 0) is 14.3 Å². The zero-order valence-corrected chi connectivity index (χ0v) is 9.32. The van der Waals surface area contributed by atoms with Gasteiger partial charge in [0.1, 0.15) is 11.6 Å². The van der Waals surface area contributed by atoms with Crippen molar-refractivity contribution >= 4 is 11.8 Å². The minimum atomic E-state index is -0.609. The third kappa shape index (κ3) is 4.96. The van der Waals surface area contributed by atoms with Crippen LogP contribution in [0.2, 0.25) is 0 Å². The summed E-state index contributed by atoms with van der Waals surface area (Å²) in [6.45, 7) is 2.84. The summed E-state index contributed by atoms with van der Waals surface area (Å²) in [6.07, 6.45) is 3.55. The first-order valence-corrected chi connectivity index (χ1v) is 4.75. The molecule has 2 N–H and O–H groups in total. The predicted molar refractivity (Wildman–Crippen MR) is 57.9 cm³/mol. The number of carbonyl (C=O) groups is 2. The summed E-state index contributed by atoms with van der Waals surface area (Å²) in [7, 11) is 0. The van der Waals surface area contributed by atoms with E-state index in [0.29, 0.717) is 6.42 Å². The van der Waals surface area contributed by atoms with E-state index in [4.69, 9.17) is 11.0 Å². The maximum absolute atomic E-state index is 11.3. The van der Waals surface area contributed by atoms with Crippen molar-refractivity contribution < 1.29 is 14.3 Å². The number of hydrogen-bond donors (Lipinski definition) is 1. The van der Waals surface area contributed by atoms with Gasteiger partial charge in [0.25, 0.3) is 0 Å². The molecular weight excluding hydrogens is 208 g/mol. The van der Waals surface area contributed by atoms with E-state index in [2.05, 4.69) is 4.74 Å². The normalized spacial score (nSPS) is 11.8. The van der Waals surface area contributed by atoms with Crippen molar-refractivity contribution in [3.63, 3.8) is 0 Å². The summed E-state index contributed by atoms with van der Waals surface area (Å²) in [5, 5.41) is 8.61. The van der Waals surface area contributed by atoms with Crippen molar-refractivity contribution in [3.05, 3.63) is 23.4 Å². The Morgan fingerprint density at radius 2 is 2.12 bits per heavy atom. The number of nitrogens with two attached hydrogens (primary N) is 1. The molecular formula is C11H14N2O3. The first kappa shape index (κ1) is 13.9. The number of nitriles is 1. The number of allylic oxidation sites excluding steroid dienone is 2. The molecule has 0 rings (SSSR count). The summed E-state index contributed by atoms with van der Waals surface area (Å²) < 4.78 is 4.62. The van der Waals surface area contributed by atoms with Crippen LogP contribution in [0.3, 0.4) is 0 Å². The van der Waals surface area contributed by atoms with Crippen LogP contribution in [0.4, 0.5) is 0 Å². The fourth-order valence-corrected chi connectivity index (χ4v) is 0.841. The Balaban J connectivity index is 4.30. The van der Waals surface area contributed by atoms with Crippen LogP contribution in [0.15, 0.2) is 23.4 Å². The van der Waals surface area contributed by atoms with Crippen LogP contribution in [0.5, 0.6) is 0 Å². The standard InChI is InChI=1S/C11H14N2O3/c1-3-4-5-11(15)16-7-10(14)9(6-12)8(2)13/h4-5H,3,7,13H2,1-2H3/b5-4+,9-8+. The minimum Gasteiger partial charge on any atom is -0.454 e. The lowest BCUT2D eigenvalue weighted by molar-refractivity contribution is -0.142. The smallest absolute Gasteiger partial charge is 0.330 e. The number of nitrogens with zero attached hydrogens (tertiary/aromatic N) is 1. The second kappa shape index (κ2) is 7.23. The van der Waals surface area contributed by atoms with Gasteiger partial charge in [0.05, 0.1) is 0 Å². The highest BCUT2D eigenvalue weighted by Crippen LogP contribution is 1.99. The molecule has 0 amide bonds. The van der Waals surface area contributed by atoms with Gasteiger partial charge in [-0.15, -0.1) is 0 Å². The zero-order valence-electron chi connectivity index (χ0n) is 9.32. The van der Waals surface area contributed by atoms with Gasteiger partial charge >= 0.3 is 5.97 Å².